The Morgan fingerprint density at radius 3 is 2.76 bits per heavy atom. The Morgan fingerprint density at radius 2 is 2.05 bits per heavy atom. The van der Waals surface area contributed by atoms with E-state index < -0.39 is 0 Å². The molecule has 0 radical (unpaired) electrons. The Bertz CT molecular complexity index is 610. The molecule has 1 saturated heterocycles. The smallest absolute Gasteiger partial charge is 0.239 e. The number of anilines is 2. The van der Waals surface area contributed by atoms with Gasteiger partial charge in [-0.3, -0.25) is 5.43 Å². The molecule has 3 rings (SSSR count). The molecule has 112 valence electrons. The summed E-state index contributed by atoms with van der Waals surface area (Å²) in [4.78, 5) is 11.2. The predicted molar refractivity (Wildman–Crippen MR) is 84.2 cm³/mol. The molecule has 1 aromatic carbocycles. The number of nitrogens with zero attached hydrogens (tertiary/aromatic N) is 3. The maximum Gasteiger partial charge on any atom is 0.239 e. The Kier molecular flexibility index (Phi) is 4.17. The lowest BCUT2D eigenvalue weighted by Crippen LogP contribution is -2.37. The quantitative estimate of drug-likeness (QED) is 0.661. The number of hydrazine groups is 1. The predicted octanol–water partition coefficient (Wildman–Crippen LogP) is 1.92. The zero-order valence-electron chi connectivity index (χ0n) is 12.2. The zero-order valence-corrected chi connectivity index (χ0v) is 12.2. The summed E-state index contributed by atoms with van der Waals surface area (Å²) in [5.74, 6) is 6.89. The fourth-order valence-corrected chi connectivity index (χ4v) is 2.84. The number of aromatic nitrogens is 2. The van der Waals surface area contributed by atoms with Crippen LogP contribution < -0.4 is 16.2 Å². The molecule has 1 aromatic heterocycles. The maximum absolute atomic E-state index is 5.71. The van der Waals surface area contributed by atoms with Crippen molar-refractivity contribution >= 4 is 22.7 Å². The van der Waals surface area contributed by atoms with Crippen molar-refractivity contribution in [3.8, 4) is 0 Å². The minimum Gasteiger partial charge on any atom is -0.378 e. The number of para-hydroxylation sites is 1. The molecule has 3 N–H and O–H groups in total. The molecule has 6 nitrogen and oxygen atoms in total. The van der Waals surface area contributed by atoms with E-state index in [9.17, 15) is 0 Å². The fraction of sp³-hybridized carbons (Fsp3) is 0.467. The van der Waals surface area contributed by atoms with Crippen molar-refractivity contribution in [3.05, 3.63) is 24.3 Å². The van der Waals surface area contributed by atoms with E-state index in [1.54, 1.807) is 0 Å². The number of nitrogens with two attached hydrogens (primary N) is 1. The van der Waals surface area contributed by atoms with E-state index in [1.807, 2.05) is 25.1 Å². The third-order valence-electron chi connectivity index (χ3n) is 3.86. The van der Waals surface area contributed by atoms with Crippen LogP contribution >= 0.6 is 0 Å². The first-order valence-corrected chi connectivity index (χ1v) is 7.41. The summed E-state index contributed by atoms with van der Waals surface area (Å²) in [7, 11) is 0. The first-order chi connectivity index (χ1) is 10.3. The minimum atomic E-state index is 0.367. The molecule has 1 aliphatic rings. The molecule has 0 amide bonds. The van der Waals surface area contributed by atoms with Crippen LogP contribution in [0.3, 0.4) is 0 Å². The summed E-state index contributed by atoms with van der Waals surface area (Å²) in [6.45, 7) is 4.71. The van der Waals surface area contributed by atoms with Gasteiger partial charge in [-0.25, -0.2) is 10.8 Å². The number of benzene rings is 1. The molecule has 0 aliphatic carbocycles. The number of ether oxygens (including phenoxy) is 1. The van der Waals surface area contributed by atoms with Crippen LogP contribution in [0.1, 0.15) is 19.8 Å². The van der Waals surface area contributed by atoms with Gasteiger partial charge in [-0.1, -0.05) is 12.1 Å². The highest BCUT2D eigenvalue weighted by molar-refractivity contribution is 5.90. The van der Waals surface area contributed by atoms with E-state index >= 15 is 0 Å². The normalized spacial score (nSPS) is 16.4. The molecule has 0 spiro atoms. The SMILES string of the molecule is CCOC1CCN(c2nc(NN)nc3ccccc23)CC1. The molecule has 1 fully saturated rings. The summed E-state index contributed by atoms with van der Waals surface area (Å²) in [6.07, 6.45) is 2.42. The number of nitrogens with one attached hydrogen (secondary N) is 1. The van der Waals surface area contributed by atoms with Crippen LogP contribution in [-0.4, -0.2) is 35.8 Å². The fourth-order valence-electron chi connectivity index (χ4n) is 2.84. The molecule has 0 bridgehead atoms. The van der Waals surface area contributed by atoms with Crippen molar-refractivity contribution in [1.29, 1.82) is 0 Å². The largest absolute Gasteiger partial charge is 0.378 e. The number of nitrogen functional groups attached to an aromatic ring is 1. The van der Waals surface area contributed by atoms with Crippen molar-refractivity contribution in [2.75, 3.05) is 30.0 Å². The van der Waals surface area contributed by atoms with Gasteiger partial charge in [-0.15, -0.1) is 0 Å². The third kappa shape index (κ3) is 2.91. The molecule has 1 aliphatic heterocycles. The van der Waals surface area contributed by atoms with Crippen LogP contribution in [0.25, 0.3) is 10.9 Å². The summed E-state index contributed by atoms with van der Waals surface area (Å²) >= 11 is 0. The Morgan fingerprint density at radius 1 is 1.29 bits per heavy atom. The van der Waals surface area contributed by atoms with Crippen LogP contribution in [0.4, 0.5) is 11.8 Å². The van der Waals surface area contributed by atoms with Crippen LogP contribution in [0, 0.1) is 0 Å². The topological polar surface area (TPSA) is 76.3 Å². The van der Waals surface area contributed by atoms with Gasteiger partial charge in [0.1, 0.15) is 5.82 Å². The van der Waals surface area contributed by atoms with Gasteiger partial charge in [0.25, 0.3) is 0 Å². The van der Waals surface area contributed by atoms with Crippen LogP contribution in [0.2, 0.25) is 0 Å². The zero-order chi connectivity index (χ0) is 14.7. The highest BCUT2D eigenvalue weighted by Crippen LogP contribution is 2.28. The van der Waals surface area contributed by atoms with E-state index in [1.165, 1.54) is 0 Å². The standard InChI is InChI=1S/C15H21N5O/c1-2-21-11-7-9-20(10-8-11)14-12-5-3-4-6-13(12)17-15(18-14)19-16/h3-6,11H,2,7-10,16H2,1H3,(H,17,18,19). The third-order valence-corrected chi connectivity index (χ3v) is 3.86. The molecule has 0 atom stereocenters. The number of fused-ring (bicyclic) bond motifs is 1. The van der Waals surface area contributed by atoms with Gasteiger partial charge in [0.05, 0.1) is 11.6 Å². The van der Waals surface area contributed by atoms with Crippen molar-refractivity contribution in [2.24, 2.45) is 5.84 Å². The Labute approximate surface area is 124 Å². The molecule has 21 heavy (non-hydrogen) atoms. The first-order valence-electron chi connectivity index (χ1n) is 7.41. The van der Waals surface area contributed by atoms with Gasteiger partial charge in [0.15, 0.2) is 0 Å². The lowest BCUT2D eigenvalue weighted by molar-refractivity contribution is 0.0459. The molecule has 6 heteroatoms. The van der Waals surface area contributed by atoms with Crippen molar-refractivity contribution in [1.82, 2.24) is 9.97 Å². The molecule has 2 heterocycles. The highest BCUT2D eigenvalue weighted by Gasteiger charge is 2.22. The second-order valence-electron chi connectivity index (χ2n) is 5.17. The van der Waals surface area contributed by atoms with Crippen molar-refractivity contribution in [2.45, 2.75) is 25.9 Å². The molecule has 0 unspecified atom stereocenters. The second-order valence-corrected chi connectivity index (χ2v) is 5.17. The van der Waals surface area contributed by atoms with Gasteiger partial charge < -0.3 is 9.64 Å². The van der Waals surface area contributed by atoms with E-state index in [0.717, 1.165) is 49.3 Å². The molecule has 0 saturated carbocycles. The van der Waals surface area contributed by atoms with E-state index in [2.05, 4.69) is 26.4 Å². The van der Waals surface area contributed by atoms with Gasteiger partial charge in [0, 0.05) is 25.1 Å². The minimum absolute atomic E-state index is 0.367. The van der Waals surface area contributed by atoms with E-state index in [-0.39, 0.29) is 0 Å². The Hall–Kier alpha value is -1.92. The van der Waals surface area contributed by atoms with Gasteiger partial charge >= 0.3 is 0 Å². The first kappa shape index (κ1) is 14.0. The second kappa shape index (κ2) is 6.24. The van der Waals surface area contributed by atoms with Crippen molar-refractivity contribution < 1.29 is 4.74 Å². The molecular formula is C15H21N5O. The number of hydrogen-bond donors (Lipinski definition) is 2. The summed E-state index contributed by atoms with van der Waals surface area (Å²) in [5, 5.41) is 1.06. The van der Waals surface area contributed by atoms with Crippen molar-refractivity contribution in [3.63, 3.8) is 0 Å². The number of hydrogen-bond acceptors (Lipinski definition) is 6. The molecular weight excluding hydrogens is 266 g/mol. The average molecular weight is 287 g/mol. The number of piperidine rings is 1. The van der Waals surface area contributed by atoms with Crippen LogP contribution in [0.5, 0.6) is 0 Å². The van der Waals surface area contributed by atoms with Gasteiger partial charge in [0.2, 0.25) is 5.95 Å². The average Bonchev–Trinajstić information content (AvgIpc) is 2.55. The summed E-state index contributed by atoms with van der Waals surface area (Å²) in [5.41, 5.74) is 3.46. The monoisotopic (exact) mass is 287 g/mol. The maximum atomic E-state index is 5.71. The Balaban J connectivity index is 1.89. The van der Waals surface area contributed by atoms with E-state index in [0.29, 0.717) is 12.1 Å². The summed E-state index contributed by atoms with van der Waals surface area (Å²) < 4.78 is 5.71. The van der Waals surface area contributed by atoms with Gasteiger partial charge in [-0.05, 0) is 31.9 Å². The van der Waals surface area contributed by atoms with Crippen LogP contribution in [0.15, 0.2) is 24.3 Å². The highest BCUT2D eigenvalue weighted by atomic mass is 16.5. The van der Waals surface area contributed by atoms with Crippen LogP contribution in [-0.2, 0) is 4.74 Å². The molecule has 2 aromatic rings. The summed E-state index contributed by atoms with van der Waals surface area (Å²) in [6, 6.07) is 8.02. The number of rotatable bonds is 4. The van der Waals surface area contributed by atoms with E-state index in [4.69, 9.17) is 10.6 Å². The lowest BCUT2D eigenvalue weighted by Gasteiger charge is -2.33. The van der Waals surface area contributed by atoms with Gasteiger partial charge in [-0.2, -0.15) is 4.98 Å². The lowest BCUT2D eigenvalue weighted by atomic mass is 10.1.